The van der Waals surface area contributed by atoms with Crippen LogP contribution in [0.5, 0.6) is 5.75 Å². The lowest BCUT2D eigenvalue weighted by Gasteiger charge is -2.17. The van der Waals surface area contributed by atoms with Crippen LogP contribution in [0.3, 0.4) is 0 Å². The van der Waals surface area contributed by atoms with Crippen molar-refractivity contribution >= 4 is 15.9 Å². The fourth-order valence-corrected chi connectivity index (χ4v) is 2.05. The summed E-state index contributed by atoms with van der Waals surface area (Å²) in [5.41, 5.74) is 6.83. The van der Waals surface area contributed by atoms with Crippen LogP contribution in [0.1, 0.15) is 38.3 Å². The second-order valence-electron chi connectivity index (χ2n) is 4.86. The van der Waals surface area contributed by atoms with Crippen LogP contribution in [0.4, 0.5) is 0 Å². The van der Waals surface area contributed by atoms with Gasteiger partial charge in [0.05, 0.1) is 6.61 Å². The van der Waals surface area contributed by atoms with E-state index in [9.17, 15) is 5.11 Å². The Morgan fingerprint density at radius 3 is 2.75 bits per heavy atom. The van der Waals surface area contributed by atoms with Gasteiger partial charge in [0.15, 0.2) is 0 Å². The van der Waals surface area contributed by atoms with Crippen LogP contribution in [-0.2, 0) is 4.74 Å². The van der Waals surface area contributed by atoms with E-state index in [1.54, 1.807) is 0 Å². The molecular formula is C15H24BrNO3. The topological polar surface area (TPSA) is 64.7 Å². The standard InChI is InChI=1S/C15H24BrNO3/c1-3-4-7-19-9-13(18)10-20-15-8-12(16)5-6-14(15)11(2)17/h5-6,8,11,13,18H,3-4,7,9-10,17H2,1-2H3/t11-,13?/m0/s1. The molecule has 0 aliphatic carbocycles. The molecule has 2 atom stereocenters. The predicted octanol–water partition coefficient (Wildman–Crippen LogP) is 3.03. The Labute approximate surface area is 129 Å². The van der Waals surface area contributed by atoms with Gasteiger partial charge >= 0.3 is 0 Å². The number of ether oxygens (including phenoxy) is 2. The molecule has 20 heavy (non-hydrogen) atoms. The van der Waals surface area contributed by atoms with Gasteiger partial charge in [-0.15, -0.1) is 0 Å². The molecule has 1 rings (SSSR count). The molecular weight excluding hydrogens is 322 g/mol. The van der Waals surface area contributed by atoms with Gasteiger partial charge in [-0.25, -0.2) is 0 Å². The third-order valence-corrected chi connectivity index (χ3v) is 3.34. The van der Waals surface area contributed by atoms with Gasteiger partial charge in [0.25, 0.3) is 0 Å². The zero-order valence-electron chi connectivity index (χ0n) is 12.1. The average molecular weight is 346 g/mol. The first kappa shape index (κ1) is 17.4. The van der Waals surface area contributed by atoms with Gasteiger partial charge in [-0.2, -0.15) is 0 Å². The van der Waals surface area contributed by atoms with Crippen LogP contribution >= 0.6 is 15.9 Å². The Balaban J connectivity index is 2.46. The Morgan fingerprint density at radius 1 is 1.35 bits per heavy atom. The summed E-state index contributed by atoms with van der Waals surface area (Å²) in [4.78, 5) is 0. The molecule has 0 aliphatic heterocycles. The lowest BCUT2D eigenvalue weighted by molar-refractivity contribution is 0.0111. The van der Waals surface area contributed by atoms with Crippen molar-refractivity contribution in [1.29, 1.82) is 0 Å². The van der Waals surface area contributed by atoms with Gasteiger partial charge in [0, 0.05) is 22.7 Å². The van der Waals surface area contributed by atoms with E-state index in [1.165, 1.54) is 0 Å². The largest absolute Gasteiger partial charge is 0.490 e. The second-order valence-corrected chi connectivity index (χ2v) is 5.78. The van der Waals surface area contributed by atoms with E-state index in [0.717, 1.165) is 22.9 Å². The van der Waals surface area contributed by atoms with Gasteiger partial charge in [-0.05, 0) is 25.5 Å². The Morgan fingerprint density at radius 2 is 2.10 bits per heavy atom. The maximum absolute atomic E-state index is 9.82. The molecule has 0 saturated carbocycles. The lowest BCUT2D eigenvalue weighted by Crippen LogP contribution is -2.24. The highest BCUT2D eigenvalue weighted by Gasteiger charge is 2.11. The summed E-state index contributed by atoms with van der Waals surface area (Å²) in [6.07, 6.45) is 1.46. The van der Waals surface area contributed by atoms with E-state index in [4.69, 9.17) is 15.2 Å². The van der Waals surface area contributed by atoms with Crippen molar-refractivity contribution < 1.29 is 14.6 Å². The second kappa shape index (κ2) is 9.34. The number of halogens is 1. The maximum Gasteiger partial charge on any atom is 0.125 e. The summed E-state index contributed by atoms with van der Waals surface area (Å²) in [5.74, 6) is 0.696. The molecule has 0 aliphatic rings. The molecule has 0 saturated heterocycles. The molecule has 0 spiro atoms. The monoisotopic (exact) mass is 345 g/mol. The van der Waals surface area contributed by atoms with Crippen molar-refractivity contribution in [2.75, 3.05) is 19.8 Å². The van der Waals surface area contributed by atoms with E-state index >= 15 is 0 Å². The van der Waals surface area contributed by atoms with Crippen molar-refractivity contribution in [3.8, 4) is 5.75 Å². The van der Waals surface area contributed by atoms with Crippen molar-refractivity contribution in [2.24, 2.45) is 5.73 Å². The minimum absolute atomic E-state index is 0.115. The fraction of sp³-hybridized carbons (Fsp3) is 0.600. The molecule has 1 unspecified atom stereocenters. The molecule has 3 N–H and O–H groups in total. The molecule has 5 heteroatoms. The zero-order valence-corrected chi connectivity index (χ0v) is 13.7. The number of rotatable bonds is 9. The summed E-state index contributed by atoms with van der Waals surface area (Å²) in [6, 6.07) is 5.60. The molecule has 0 radical (unpaired) electrons. The van der Waals surface area contributed by atoms with Crippen LogP contribution in [0, 0.1) is 0 Å². The van der Waals surface area contributed by atoms with E-state index in [2.05, 4.69) is 22.9 Å². The predicted molar refractivity (Wildman–Crippen MR) is 84.0 cm³/mol. The SMILES string of the molecule is CCCCOCC(O)COc1cc(Br)ccc1[C@H](C)N. The normalized spacial score (nSPS) is 14.1. The highest BCUT2D eigenvalue weighted by molar-refractivity contribution is 9.10. The molecule has 0 heterocycles. The number of hydrogen-bond donors (Lipinski definition) is 2. The first-order valence-corrected chi connectivity index (χ1v) is 7.77. The van der Waals surface area contributed by atoms with Crippen molar-refractivity contribution in [1.82, 2.24) is 0 Å². The van der Waals surface area contributed by atoms with Gasteiger partial charge in [0.2, 0.25) is 0 Å². The Kier molecular flexibility index (Phi) is 8.14. The third-order valence-electron chi connectivity index (χ3n) is 2.85. The minimum Gasteiger partial charge on any atom is -0.490 e. The molecule has 114 valence electrons. The van der Waals surface area contributed by atoms with Gasteiger partial charge < -0.3 is 20.3 Å². The summed E-state index contributed by atoms with van der Waals surface area (Å²) in [7, 11) is 0. The van der Waals surface area contributed by atoms with Crippen molar-refractivity contribution in [3.63, 3.8) is 0 Å². The van der Waals surface area contributed by atoms with Crippen molar-refractivity contribution in [3.05, 3.63) is 28.2 Å². The summed E-state index contributed by atoms with van der Waals surface area (Å²) < 4.78 is 11.9. The average Bonchev–Trinajstić information content (AvgIpc) is 2.41. The zero-order chi connectivity index (χ0) is 15.0. The van der Waals surface area contributed by atoms with E-state index in [-0.39, 0.29) is 12.6 Å². The van der Waals surface area contributed by atoms with E-state index in [0.29, 0.717) is 19.0 Å². The van der Waals surface area contributed by atoms with E-state index < -0.39 is 6.10 Å². The summed E-state index contributed by atoms with van der Waals surface area (Å²) >= 11 is 3.40. The van der Waals surface area contributed by atoms with Gasteiger partial charge in [-0.3, -0.25) is 0 Å². The molecule has 0 aromatic heterocycles. The summed E-state index contributed by atoms with van der Waals surface area (Å²) in [6.45, 7) is 5.17. The number of aliphatic hydroxyl groups excluding tert-OH is 1. The number of hydrogen-bond acceptors (Lipinski definition) is 4. The molecule has 1 aromatic rings. The van der Waals surface area contributed by atoms with Crippen molar-refractivity contribution in [2.45, 2.75) is 38.8 Å². The van der Waals surface area contributed by atoms with Gasteiger partial charge in [-0.1, -0.05) is 35.3 Å². The summed E-state index contributed by atoms with van der Waals surface area (Å²) in [5, 5.41) is 9.82. The Bertz CT molecular complexity index is 399. The number of nitrogens with two attached hydrogens (primary N) is 1. The Hall–Kier alpha value is -0.620. The highest BCUT2D eigenvalue weighted by atomic mass is 79.9. The molecule has 0 amide bonds. The number of unbranched alkanes of at least 4 members (excludes halogenated alkanes) is 1. The smallest absolute Gasteiger partial charge is 0.125 e. The van der Waals surface area contributed by atoms with Crippen LogP contribution in [-0.4, -0.2) is 31.0 Å². The highest BCUT2D eigenvalue weighted by Crippen LogP contribution is 2.27. The van der Waals surface area contributed by atoms with Crippen LogP contribution < -0.4 is 10.5 Å². The minimum atomic E-state index is -0.633. The fourth-order valence-electron chi connectivity index (χ4n) is 1.71. The molecule has 4 nitrogen and oxygen atoms in total. The molecule has 1 aromatic carbocycles. The quantitative estimate of drug-likeness (QED) is 0.675. The van der Waals surface area contributed by atoms with Crippen LogP contribution in [0.25, 0.3) is 0 Å². The first-order valence-electron chi connectivity index (χ1n) is 6.98. The third kappa shape index (κ3) is 6.22. The first-order chi connectivity index (χ1) is 9.54. The maximum atomic E-state index is 9.82. The van der Waals surface area contributed by atoms with E-state index in [1.807, 2.05) is 25.1 Å². The van der Waals surface area contributed by atoms with Gasteiger partial charge in [0.1, 0.15) is 18.5 Å². The lowest BCUT2D eigenvalue weighted by atomic mass is 10.1. The van der Waals surface area contributed by atoms with Crippen LogP contribution in [0.15, 0.2) is 22.7 Å². The number of benzene rings is 1. The van der Waals surface area contributed by atoms with Crippen LogP contribution in [0.2, 0.25) is 0 Å². The number of aliphatic hydroxyl groups is 1. The molecule has 0 bridgehead atoms. The molecule has 0 fully saturated rings.